The molecule has 0 spiro atoms. The third-order valence-corrected chi connectivity index (χ3v) is 5.71. The van der Waals surface area contributed by atoms with Crippen molar-refractivity contribution in [2.75, 3.05) is 13.1 Å². The zero-order chi connectivity index (χ0) is 17.8. The molecule has 1 N–H and O–H groups in total. The summed E-state index contributed by atoms with van der Waals surface area (Å²) in [6.07, 6.45) is 3.94. The fraction of sp³-hybridized carbons (Fsp3) is 0.316. The van der Waals surface area contributed by atoms with Crippen molar-refractivity contribution in [3.63, 3.8) is 0 Å². The van der Waals surface area contributed by atoms with Crippen molar-refractivity contribution in [1.29, 1.82) is 5.26 Å². The Kier molecular flexibility index (Phi) is 5.25. The van der Waals surface area contributed by atoms with Gasteiger partial charge in [0.15, 0.2) is 0 Å². The minimum absolute atomic E-state index is 0.0407. The highest BCUT2D eigenvalue weighted by atomic mass is 32.2. The van der Waals surface area contributed by atoms with E-state index in [9.17, 15) is 14.9 Å². The molecule has 25 heavy (non-hydrogen) atoms. The fourth-order valence-electron chi connectivity index (χ4n) is 3.05. The van der Waals surface area contributed by atoms with Crippen molar-refractivity contribution in [2.45, 2.75) is 18.7 Å². The van der Waals surface area contributed by atoms with Gasteiger partial charge in [0.05, 0.1) is 23.9 Å². The average molecular weight is 353 g/mol. The monoisotopic (exact) mass is 353 g/mol. The molecule has 2 aliphatic heterocycles. The second-order valence-electron chi connectivity index (χ2n) is 6.04. The maximum Gasteiger partial charge on any atom is 0.244 e. The summed E-state index contributed by atoms with van der Waals surface area (Å²) in [6, 6.07) is 11.9. The molecule has 5 nitrogen and oxygen atoms in total. The third kappa shape index (κ3) is 3.94. The van der Waals surface area contributed by atoms with Crippen LogP contribution < -0.4 is 5.32 Å². The zero-order valence-electron chi connectivity index (χ0n) is 13.9. The van der Waals surface area contributed by atoms with Gasteiger partial charge in [-0.05, 0) is 23.6 Å². The minimum atomic E-state index is -0.330. The van der Waals surface area contributed by atoms with Gasteiger partial charge in [-0.1, -0.05) is 30.3 Å². The van der Waals surface area contributed by atoms with E-state index < -0.39 is 0 Å². The fourth-order valence-corrected chi connectivity index (χ4v) is 4.50. The molecule has 6 heteroatoms. The molecular formula is C19H19N3O2S. The van der Waals surface area contributed by atoms with Gasteiger partial charge in [0, 0.05) is 24.4 Å². The molecule has 2 atom stereocenters. The molecule has 0 saturated heterocycles. The van der Waals surface area contributed by atoms with Crippen LogP contribution in [0.1, 0.15) is 18.9 Å². The van der Waals surface area contributed by atoms with E-state index in [0.717, 1.165) is 16.0 Å². The molecule has 1 aromatic carbocycles. The van der Waals surface area contributed by atoms with E-state index in [4.69, 9.17) is 0 Å². The van der Waals surface area contributed by atoms with Crippen molar-refractivity contribution in [3.05, 3.63) is 52.4 Å². The Balaban J connectivity index is 1.64. The number of hydrogen-bond acceptors (Lipinski definition) is 4. The van der Waals surface area contributed by atoms with Gasteiger partial charge in [0.2, 0.25) is 11.8 Å². The van der Waals surface area contributed by atoms with Gasteiger partial charge in [-0.3, -0.25) is 9.59 Å². The Morgan fingerprint density at radius 2 is 2.12 bits per heavy atom. The lowest BCUT2D eigenvalue weighted by Gasteiger charge is -2.27. The van der Waals surface area contributed by atoms with E-state index in [2.05, 4.69) is 11.4 Å². The van der Waals surface area contributed by atoms with Crippen molar-refractivity contribution < 1.29 is 9.59 Å². The van der Waals surface area contributed by atoms with Crippen LogP contribution in [-0.4, -0.2) is 35.2 Å². The molecule has 2 heterocycles. The number of nitrogens with one attached hydrogen (secondary N) is 1. The summed E-state index contributed by atoms with van der Waals surface area (Å²) >= 11 is 1.50. The normalized spacial score (nSPS) is 22.6. The Morgan fingerprint density at radius 3 is 2.80 bits per heavy atom. The van der Waals surface area contributed by atoms with Gasteiger partial charge in [-0.2, -0.15) is 5.26 Å². The molecule has 3 rings (SSSR count). The number of nitrogens with zero attached hydrogens (tertiary/aromatic N) is 2. The summed E-state index contributed by atoms with van der Waals surface area (Å²) in [5.41, 5.74) is 2.02. The topological polar surface area (TPSA) is 73.2 Å². The molecule has 0 saturated carbocycles. The van der Waals surface area contributed by atoms with Gasteiger partial charge in [-0.15, -0.1) is 11.8 Å². The first-order valence-corrected chi connectivity index (χ1v) is 9.04. The predicted octanol–water partition coefficient (Wildman–Crippen LogP) is 2.53. The van der Waals surface area contributed by atoms with E-state index in [-0.39, 0.29) is 23.1 Å². The molecule has 2 unspecified atom stereocenters. The molecule has 0 bridgehead atoms. The Hall–Kier alpha value is -2.52. The van der Waals surface area contributed by atoms with Gasteiger partial charge in [0.25, 0.3) is 0 Å². The zero-order valence-corrected chi connectivity index (χ0v) is 14.8. The number of benzene rings is 1. The lowest BCUT2D eigenvalue weighted by Crippen LogP contribution is -2.36. The van der Waals surface area contributed by atoms with Crippen LogP contribution in [0.2, 0.25) is 0 Å². The number of carbonyl (C=O) groups is 2. The number of hydrogen-bond donors (Lipinski definition) is 1. The van der Waals surface area contributed by atoms with Crippen LogP contribution in [0, 0.1) is 17.2 Å². The average Bonchev–Trinajstić information content (AvgIpc) is 2.96. The largest absolute Gasteiger partial charge is 0.339 e. The number of thioether (sulfide) groups is 1. The standard InChI is InChI=1S/C19H19N3O2S/c1-13(23)22-10-9-15-16(11-20)19(25-17(15)12-22)21-18(24)8-7-14-5-3-2-4-6-14/h2-8,16,19H,9-10,12H2,1H3,(H,21,24)/b8-7+. The predicted molar refractivity (Wildman–Crippen MR) is 98.0 cm³/mol. The summed E-state index contributed by atoms with van der Waals surface area (Å²) in [5, 5.41) is 12.1. The summed E-state index contributed by atoms with van der Waals surface area (Å²) < 4.78 is 0. The van der Waals surface area contributed by atoms with Crippen LogP contribution in [-0.2, 0) is 9.59 Å². The maximum atomic E-state index is 12.2. The van der Waals surface area contributed by atoms with Crippen LogP contribution in [0.15, 0.2) is 46.9 Å². The number of nitriles is 1. The van der Waals surface area contributed by atoms with E-state index in [1.807, 2.05) is 30.3 Å². The van der Waals surface area contributed by atoms with Crippen molar-refractivity contribution in [3.8, 4) is 6.07 Å². The van der Waals surface area contributed by atoms with Crippen molar-refractivity contribution >= 4 is 29.7 Å². The molecule has 2 amide bonds. The molecule has 1 aromatic rings. The first kappa shape index (κ1) is 17.3. The number of rotatable bonds is 3. The Labute approximate surface area is 151 Å². The molecule has 0 radical (unpaired) electrons. The first-order chi connectivity index (χ1) is 12.1. The quantitative estimate of drug-likeness (QED) is 0.848. The van der Waals surface area contributed by atoms with Gasteiger partial charge >= 0.3 is 0 Å². The minimum Gasteiger partial charge on any atom is -0.339 e. The molecular weight excluding hydrogens is 334 g/mol. The highest BCUT2D eigenvalue weighted by molar-refractivity contribution is 8.04. The van der Waals surface area contributed by atoms with E-state index in [1.165, 1.54) is 17.8 Å². The summed E-state index contributed by atoms with van der Waals surface area (Å²) in [7, 11) is 0. The lowest BCUT2D eigenvalue weighted by atomic mass is 9.94. The van der Waals surface area contributed by atoms with Crippen LogP contribution in [0.25, 0.3) is 6.08 Å². The number of amides is 2. The SMILES string of the molecule is CC(=O)N1CCC2=C(C1)SC(NC(=O)/C=C/c1ccccc1)C2C#N. The maximum absolute atomic E-state index is 12.2. The summed E-state index contributed by atoms with van der Waals surface area (Å²) in [5.74, 6) is -0.507. The Morgan fingerprint density at radius 1 is 1.36 bits per heavy atom. The van der Waals surface area contributed by atoms with Gasteiger partial charge < -0.3 is 10.2 Å². The molecule has 0 fully saturated rings. The van der Waals surface area contributed by atoms with E-state index in [1.54, 1.807) is 17.9 Å². The number of carbonyl (C=O) groups excluding carboxylic acids is 2. The highest BCUT2D eigenvalue weighted by Gasteiger charge is 2.39. The van der Waals surface area contributed by atoms with Crippen LogP contribution >= 0.6 is 11.8 Å². The van der Waals surface area contributed by atoms with Crippen molar-refractivity contribution in [1.82, 2.24) is 10.2 Å². The Bertz CT molecular complexity index is 780. The first-order valence-electron chi connectivity index (χ1n) is 8.16. The van der Waals surface area contributed by atoms with Crippen LogP contribution in [0.3, 0.4) is 0 Å². The third-order valence-electron chi connectivity index (χ3n) is 4.39. The molecule has 128 valence electrons. The molecule has 2 aliphatic rings. The van der Waals surface area contributed by atoms with Gasteiger partial charge in [-0.25, -0.2) is 0 Å². The lowest BCUT2D eigenvalue weighted by molar-refractivity contribution is -0.128. The summed E-state index contributed by atoms with van der Waals surface area (Å²) in [6.45, 7) is 2.74. The van der Waals surface area contributed by atoms with E-state index in [0.29, 0.717) is 19.5 Å². The molecule has 0 aromatic heterocycles. The van der Waals surface area contributed by atoms with Gasteiger partial charge in [0.1, 0.15) is 0 Å². The second-order valence-corrected chi connectivity index (χ2v) is 7.27. The smallest absolute Gasteiger partial charge is 0.244 e. The highest BCUT2D eigenvalue weighted by Crippen LogP contribution is 2.44. The second kappa shape index (κ2) is 7.58. The van der Waals surface area contributed by atoms with Crippen LogP contribution in [0.5, 0.6) is 0 Å². The van der Waals surface area contributed by atoms with Crippen molar-refractivity contribution in [2.24, 2.45) is 5.92 Å². The van der Waals surface area contributed by atoms with E-state index >= 15 is 0 Å². The summed E-state index contributed by atoms with van der Waals surface area (Å²) in [4.78, 5) is 26.6. The van der Waals surface area contributed by atoms with Crippen LogP contribution in [0.4, 0.5) is 0 Å². The molecule has 0 aliphatic carbocycles.